The van der Waals surface area contributed by atoms with Crippen molar-refractivity contribution >= 4 is 11.6 Å². The predicted octanol–water partition coefficient (Wildman–Crippen LogP) is 6.04. The fourth-order valence-corrected chi connectivity index (χ4v) is 3.98. The Kier molecular flexibility index (Phi) is 8.66. The normalized spacial score (nSPS) is 14.3. The summed E-state index contributed by atoms with van der Waals surface area (Å²) in [6.45, 7) is 1.72. The number of halogens is 4. The first-order valence-corrected chi connectivity index (χ1v) is 11.3. The summed E-state index contributed by atoms with van der Waals surface area (Å²) in [5.41, 5.74) is 5.98. The van der Waals surface area contributed by atoms with E-state index in [2.05, 4.69) is 0 Å². The summed E-state index contributed by atoms with van der Waals surface area (Å²) in [6, 6.07) is 16.7. The zero-order chi connectivity index (χ0) is 25.6. The lowest BCUT2D eigenvalue weighted by atomic mass is 9.86. The summed E-state index contributed by atoms with van der Waals surface area (Å²) < 4.78 is 49.7. The molecule has 3 aromatic rings. The van der Waals surface area contributed by atoms with Gasteiger partial charge in [0.1, 0.15) is 23.9 Å². The van der Waals surface area contributed by atoms with Crippen LogP contribution in [-0.2, 0) is 18.3 Å². The fourth-order valence-electron chi connectivity index (χ4n) is 3.59. The minimum atomic E-state index is -4.38. The van der Waals surface area contributed by atoms with Gasteiger partial charge in [-0.2, -0.15) is 13.2 Å². The largest absolute Gasteiger partial charge is 0.489 e. The second kappa shape index (κ2) is 11.3. The van der Waals surface area contributed by atoms with E-state index in [1.807, 2.05) is 0 Å². The van der Waals surface area contributed by atoms with Gasteiger partial charge in [0, 0.05) is 23.2 Å². The molecule has 0 saturated heterocycles. The van der Waals surface area contributed by atoms with Crippen LogP contribution in [0.1, 0.15) is 36.5 Å². The molecular formula is C26H27ClF3NO4. The highest BCUT2D eigenvalue weighted by Crippen LogP contribution is 2.35. The van der Waals surface area contributed by atoms with Crippen LogP contribution < -0.4 is 15.2 Å². The predicted molar refractivity (Wildman–Crippen MR) is 128 cm³/mol. The monoisotopic (exact) mass is 509 g/mol. The van der Waals surface area contributed by atoms with Crippen molar-refractivity contribution in [3.8, 4) is 17.2 Å². The molecule has 0 aliphatic carbocycles. The minimum Gasteiger partial charge on any atom is -0.489 e. The Morgan fingerprint density at radius 3 is 2.26 bits per heavy atom. The van der Waals surface area contributed by atoms with Crippen LogP contribution in [0.3, 0.4) is 0 Å². The molecule has 0 spiro atoms. The Balaban J connectivity index is 1.64. The van der Waals surface area contributed by atoms with Crippen LogP contribution in [0.4, 0.5) is 13.2 Å². The van der Waals surface area contributed by atoms with Gasteiger partial charge >= 0.3 is 6.18 Å². The quantitative estimate of drug-likeness (QED) is 0.310. The van der Waals surface area contributed by atoms with Gasteiger partial charge in [-0.05, 0) is 67.3 Å². The van der Waals surface area contributed by atoms with Gasteiger partial charge in [0.05, 0.1) is 11.7 Å². The lowest BCUT2D eigenvalue weighted by molar-refractivity contribution is -0.137. The van der Waals surface area contributed by atoms with Crippen molar-refractivity contribution < 1.29 is 32.9 Å². The van der Waals surface area contributed by atoms with Crippen LogP contribution in [0, 0.1) is 0 Å². The molecule has 0 radical (unpaired) electrons. The highest BCUT2D eigenvalue weighted by atomic mass is 35.5. The summed E-state index contributed by atoms with van der Waals surface area (Å²) >= 11 is 6.44. The maximum atomic E-state index is 12.7. The summed E-state index contributed by atoms with van der Waals surface area (Å²) in [4.78, 5) is 0. The summed E-state index contributed by atoms with van der Waals surface area (Å²) in [7, 11) is 0. The van der Waals surface area contributed by atoms with Crippen molar-refractivity contribution in [2.75, 3.05) is 6.61 Å². The number of rotatable bonds is 10. The molecule has 0 aromatic heterocycles. The minimum absolute atomic E-state index is 0.0966. The molecule has 0 bridgehead atoms. The second-order valence-corrected chi connectivity index (χ2v) is 8.90. The average Bonchev–Trinajstić information content (AvgIpc) is 2.77. The number of hydrogen-bond donors (Lipinski definition) is 3. The lowest BCUT2D eigenvalue weighted by Gasteiger charge is -2.29. The van der Waals surface area contributed by atoms with Crippen LogP contribution in [-0.4, -0.2) is 22.9 Å². The molecule has 0 amide bonds. The molecule has 188 valence electrons. The van der Waals surface area contributed by atoms with Crippen LogP contribution in [0.5, 0.6) is 17.2 Å². The molecule has 0 fully saturated rings. The number of ether oxygens (including phenoxy) is 2. The van der Waals surface area contributed by atoms with Crippen LogP contribution in [0.25, 0.3) is 0 Å². The van der Waals surface area contributed by atoms with Crippen molar-refractivity contribution in [3.63, 3.8) is 0 Å². The smallest absolute Gasteiger partial charge is 0.416 e. The molecule has 3 aromatic carbocycles. The Bertz CT molecular complexity index is 1120. The van der Waals surface area contributed by atoms with E-state index in [4.69, 9.17) is 31.9 Å². The standard InChI is InChI=1S/C26H27ClF3NO4/c1-25(31,15-19(33)11-12-32)23-10-9-22(14-24(23)27)35-21-4-2-3-20(13-21)34-16-17-5-7-18(8-6-17)26(28,29)30/h2-10,13-14,19,32-33H,11-12,15-16,31H2,1H3. The molecule has 4 N–H and O–H groups in total. The van der Waals surface area contributed by atoms with Gasteiger partial charge in [0.25, 0.3) is 0 Å². The third-order valence-corrected chi connectivity index (χ3v) is 5.72. The number of hydrogen-bond acceptors (Lipinski definition) is 5. The van der Waals surface area contributed by atoms with Gasteiger partial charge in [-0.15, -0.1) is 0 Å². The fraction of sp³-hybridized carbons (Fsp3) is 0.308. The number of aliphatic hydroxyl groups excluding tert-OH is 2. The molecule has 0 heterocycles. The SMILES string of the molecule is CC(N)(CC(O)CCO)c1ccc(Oc2cccc(OCc3ccc(C(F)(F)F)cc3)c2)cc1Cl. The topological polar surface area (TPSA) is 84.9 Å². The van der Waals surface area contributed by atoms with Crippen molar-refractivity contribution in [3.05, 3.63) is 88.4 Å². The molecule has 3 rings (SSSR count). The van der Waals surface area contributed by atoms with Crippen molar-refractivity contribution in [1.29, 1.82) is 0 Å². The third kappa shape index (κ3) is 7.60. The van der Waals surface area contributed by atoms with E-state index in [0.717, 1.165) is 12.1 Å². The molecule has 9 heteroatoms. The van der Waals surface area contributed by atoms with Gasteiger partial charge in [-0.1, -0.05) is 35.9 Å². The maximum Gasteiger partial charge on any atom is 0.416 e. The molecule has 2 unspecified atom stereocenters. The Morgan fingerprint density at radius 2 is 1.63 bits per heavy atom. The van der Waals surface area contributed by atoms with E-state index >= 15 is 0 Å². The zero-order valence-corrected chi connectivity index (χ0v) is 19.8. The summed E-state index contributed by atoms with van der Waals surface area (Å²) in [5.74, 6) is 1.43. The second-order valence-electron chi connectivity index (χ2n) is 8.49. The van der Waals surface area contributed by atoms with E-state index in [0.29, 0.717) is 33.4 Å². The van der Waals surface area contributed by atoms with Gasteiger partial charge in [-0.25, -0.2) is 0 Å². The van der Waals surface area contributed by atoms with Crippen molar-refractivity contribution in [2.45, 2.75) is 44.2 Å². The highest BCUT2D eigenvalue weighted by Gasteiger charge is 2.30. The van der Waals surface area contributed by atoms with Gasteiger partial charge < -0.3 is 25.4 Å². The maximum absolute atomic E-state index is 12.7. The summed E-state index contributed by atoms with van der Waals surface area (Å²) in [6.07, 6.45) is -4.68. The van der Waals surface area contributed by atoms with E-state index in [-0.39, 0.29) is 26.1 Å². The van der Waals surface area contributed by atoms with Crippen molar-refractivity contribution in [2.24, 2.45) is 5.73 Å². The van der Waals surface area contributed by atoms with E-state index in [1.54, 1.807) is 49.4 Å². The molecule has 5 nitrogen and oxygen atoms in total. The zero-order valence-electron chi connectivity index (χ0n) is 19.1. The van der Waals surface area contributed by atoms with Crippen LogP contribution in [0.2, 0.25) is 5.02 Å². The first-order valence-electron chi connectivity index (χ1n) is 10.9. The molecule has 0 aliphatic rings. The Labute approximate surface area is 206 Å². The lowest BCUT2D eigenvalue weighted by Crippen LogP contribution is -2.37. The van der Waals surface area contributed by atoms with Gasteiger partial charge in [0.15, 0.2) is 0 Å². The van der Waals surface area contributed by atoms with E-state index in [9.17, 15) is 18.3 Å². The van der Waals surface area contributed by atoms with Crippen LogP contribution in [0.15, 0.2) is 66.7 Å². The molecule has 2 atom stereocenters. The molecule has 35 heavy (non-hydrogen) atoms. The van der Waals surface area contributed by atoms with E-state index < -0.39 is 23.4 Å². The van der Waals surface area contributed by atoms with Gasteiger partial charge in [0.2, 0.25) is 0 Å². The number of nitrogens with two attached hydrogens (primary N) is 1. The molecule has 0 aliphatic heterocycles. The highest BCUT2D eigenvalue weighted by molar-refractivity contribution is 6.31. The number of alkyl halides is 3. The number of benzene rings is 3. The van der Waals surface area contributed by atoms with Crippen molar-refractivity contribution in [1.82, 2.24) is 0 Å². The Morgan fingerprint density at radius 1 is 0.971 bits per heavy atom. The van der Waals surface area contributed by atoms with Gasteiger partial charge in [-0.3, -0.25) is 0 Å². The number of aliphatic hydroxyl groups is 2. The molecule has 0 saturated carbocycles. The first-order chi connectivity index (χ1) is 16.5. The third-order valence-electron chi connectivity index (χ3n) is 5.41. The average molecular weight is 510 g/mol. The van der Waals surface area contributed by atoms with Crippen LogP contribution >= 0.6 is 11.6 Å². The molecular weight excluding hydrogens is 483 g/mol. The van der Waals surface area contributed by atoms with E-state index in [1.165, 1.54) is 12.1 Å². The first kappa shape index (κ1) is 26.8. The summed E-state index contributed by atoms with van der Waals surface area (Å²) in [5, 5.41) is 19.4. The Hall–Kier alpha value is -2.78.